The van der Waals surface area contributed by atoms with Crippen molar-refractivity contribution in [2.24, 2.45) is 0 Å². The molecule has 4 rings (SSSR count). The molecule has 0 spiro atoms. The molecule has 0 aliphatic heterocycles. The fourth-order valence-electron chi connectivity index (χ4n) is 2.78. The van der Waals surface area contributed by atoms with Gasteiger partial charge in [-0.15, -0.1) is 17.7 Å². The Labute approximate surface area is 181 Å². The summed E-state index contributed by atoms with van der Waals surface area (Å²) in [7, 11) is 4.09. The van der Waals surface area contributed by atoms with Crippen molar-refractivity contribution in [2.45, 2.75) is 13.8 Å². The van der Waals surface area contributed by atoms with Gasteiger partial charge >= 0.3 is 0 Å². The van der Waals surface area contributed by atoms with Crippen molar-refractivity contribution in [3.8, 4) is 11.3 Å². The summed E-state index contributed by atoms with van der Waals surface area (Å²) in [6.45, 7) is 6.95. The van der Waals surface area contributed by atoms with Gasteiger partial charge in [-0.05, 0) is 26.0 Å². The maximum atomic E-state index is 10.0. The van der Waals surface area contributed by atoms with Crippen LogP contribution in [0.4, 0.5) is 0 Å². The predicted octanol–water partition coefficient (Wildman–Crippen LogP) is 4.36. The molecule has 0 bridgehead atoms. The van der Waals surface area contributed by atoms with Crippen LogP contribution in [0.3, 0.4) is 0 Å². The maximum absolute atomic E-state index is 10.0. The van der Waals surface area contributed by atoms with Crippen molar-refractivity contribution in [1.82, 2.24) is 8.77 Å². The number of aromatic nitrogens is 3. The molecule has 0 atom stereocenters. The van der Waals surface area contributed by atoms with Crippen LogP contribution in [0.1, 0.15) is 19.4 Å². The molecule has 0 saturated heterocycles. The summed E-state index contributed by atoms with van der Waals surface area (Å²) in [5, 5.41) is 10.4. The summed E-state index contributed by atoms with van der Waals surface area (Å²) in [5.74, 6) is -0.0625. The number of hydrogen-bond acceptors (Lipinski definition) is 4. The minimum absolute atomic E-state index is 0. The van der Waals surface area contributed by atoms with Gasteiger partial charge in [-0.2, -0.15) is 18.6 Å². The molecule has 1 N–H and O–H groups in total. The van der Waals surface area contributed by atoms with Gasteiger partial charge in [0.15, 0.2) is 5.78 Å². The van der Waals surface area contributed by atoms with E-state index < -0.39 is 0 Å². The van der Waals surface area contributed by atoms with Crippen LogP contribution in [0.15, 0.2) is 59.8 Å². The van der Waals surface area contributed by atoms with Gasteiger partial charge in [0.1, 0.15) is 5.65 Å². The van der Waals surface area contributed by atoms with E-state index >= 15 is 0 Å². The number of hydrogen-bond donors (Lipinski definition) is 1. The quantitative estimate of drug-likeness (QED) is 0.169. The predicted molar refractivity (Wildman–Crippen MR) is 108 cm³/mol. The number of fused-ring (bicyclic) bond motifs is 3. The molecule has 0 saturated carbocycles. The number of ketones is 1. The average molecular weight is 571 g/mol. The van der Waals surface area contributed by atoms with Crippen LogP contribution in [0.5, 0.6) is 0 Å². The summed E-state index contributed by atoms with van der Waals surface area (Å²) < 4.78 is 3.99. The molecule has 1 radical (unpaired) electrons. The molecule has 0 aliphatic rings. The minimum atomic E-state index is -0.125. The third kappa shape index (κ3) is 4.62. The fourth-order valence-corrected chi connectivity index (χ4v) is 3.55. The van der Waals surface area contributed by atoms with E-state index in [2.05, 4.69) is 34.9 Å². The monoisotopic (exact) mass is 571 g/mol. The molecular formula is C21H20IrN3O2S-. The van der Waals surface area contributed by atoms with Gasteiger partial charge in [0, 0.05) is 38.6 Å². The van der Waals surface area contributed by atoms with Crippen LogP contribution in [0.2, 0.25) is 0 Å². The first-order valence-corrected chi connectivity index (χ1v) is 9.12. The topological polar surface area (TPSA) is 58.5 Å². The Hall–Kier alpha value is -2.60. The smallest absolute Gasteiger partial charge is 0.155 e. The number of pyridine rings is 1. The Morgan fingerprint density at radius 3 is 2.61 bits per heavy atom. The molecule has 0 aliphatic carbocycles. The number of imidazole rings is 1. The number of carbonyl (C=O) groups is 1. The number of benzene rings is 1. The van der Waals surface area contributed by atoms with Crippen LogP contribution in [0.25, 0.3) is 27.9 Å². The first-order chi connectivity index (χ1) is 12.9. The van der Waals surface area contributed by atoms with Gasteiger partial charge in [-0.25, -0.2) is 8.77 Å². The Morgan fingerprint density at radius 2 is 2.00 bits per heavy atom. The molecule has 3 aromatic heterocycles. The molecule has 0 fully saturated rings. The molecule has 28 heavy (non-hydrogen) atoms. The normalized spacial score (nSPS) is 11.0. The van der Waals surface area contributed by atoms with Gasteiger partial charge in [0.2, 0.25) is 0 Å². The summed E-state index contributed by atoms with van der Waals surface area (Å²) >= 11 is 1.65. The summed E-state index contributed by atoms with van der Waals surface area (Å²) in [6, 6.07) is 12.2. The zero-order chi connectivity index (χ0) is 19.6. The van der Waals surface area contributed by atoms with Crippen molar-refractivity contribution < 1.29 is 34.6 Å². The largest absolute Gasteiger partial charge is 0.512 e. The second-order valence-corrected chi connectivity index (χ2v) is 6.97. The van der Waals surface area contributed by atoms with E-state index in [9.17, 15) is 4.79 Å². The second kappa shape index (κ2) is 9.06. The molecule has 1 aromatic carbocycles. The third-order valence-corrected chi connectivity index (χ3v) is 4.73. The molecule has 147 valence electrons. The Morgan fingerprint density at radius 1 is 1.29 bits per heavy atom. The first-order valence-electron chi connectivity index (χ1n) is 8.28. The van der Waals surface area contributed by atoms with E-state index in [1.807, 2.05) is 40.4 Å². The number of carbonyl (C=O) groups excluding carboxylic acids is 1. The van der Waals surface area contributed by atoms with E-state index in [1.54, 1.807) is 11.5 Å². The standard InChI is InChI=1S/C16H12N3S.C5H8O2.Ir/c1-11-5-3-4-6-12(11)14-9-15-13(10-18(14)2)17-16-7-8-20-19(15)16;1-4(6)3-5(2)7;/h3-10H,1-2H2;3,6H,1-2H3;/q-1;;/b;4-3-;. The molecule has 0 amide bonds. The number of aliphatic hydroxyl groups excluding tert-OH is 1. The zero-order valence-corrected chi connectivity index (χ0v) is 18.8. The fraction of sp³-hybridized carbons (Fsp3) is 0.0952. The maximum Gasteiger partial charge on any atom is 0.155 e. The summed E-state index contributed by atoms with van der Waals surface area (Å²) in [5.41, 5.74) is 6.17. The van der Waals surface area contributed by atoms with Gasteiger partial charge in [-0.1, -0.05) is 17.6 Å². The second-order valence-electron chi connectivity index (χ2n) is 6.13. The molecule has 4 aromatic rings. The first kappa shape index (κ1) is 21.7. The van der Waals surface area contributed by atoms with Crippen LogP contribution >= 0.6 is 11.5 Å². The van der Waals surface area contributed by atoms with E-state index in [1.165, 1.54) is 19.9 Å². The Kier molecular flexibility index (Phi) is 7.02. The molecular weight excluding hydrogens is 551 g/mol. The number of nitrogens with zero attached hydrogens (tertiary/aromatic N) is 3. The number of allylic oxidation sites excluding steroid dienone is 2. The summed E-state index contributed by atoms with van der Waals surface area (Å²) in [4.78, 5) is 14.6. The van der Waals surface area contributed by atoms with Crippen LogP contribution in [-0.4, -0.2) is 19.7 Å². The van der Waals surface area contributed by atoms with E-state index in [4.69, 9.17) is 5.11 Å². The van der Waals surface area contributed by atoms with Crippen LogP contribution in [-0.2, 0) is 24.9 Å². The molecule has 7 heteroatoms. The van der Waals surface area contributed by atoms with Gasteiger partial charge in [-0.3, -0.25) is 4.79 Å². The SMILES string of the molecule is CC(=O)/C=C(/C)O.[CH2-]c1ccccc1-c1cc2c(c[n+]1[CH2-])nc1ccsn12.[Ir]. The minimum Gasteiger partial charge on any atom is -0.512 e. The average Bonchev–Trinajstić information content (AvgIpc) is 3.15. The van der Waals surface area contributed by atoms with E-state index in [0.717, 1.165) is 33.5 Å². The number of aliphatic hydroxyl groups is 1. The van der Waals surface area contributed by atoms with Crippen molar-refractivity contribution in [1.29, 1.82) is 0 Å². The molecule has 0 unspecified atom stereocenters. The molecule has 3 heterocycles. The van der Waals surface area contributed by atoms with Crippen molar-refractivity contribution in [2.75, 3.05) is 0 Å². The zero-order valence-electron chi connectivity index (χ0n) is 15.5. The van der Waals surface area contributed by atoms with E-state index in [0.29, 0.717) is 0 Å². The van der Waals surface area contributed by atoms with Gasteiger partial charge in [0.05, 0.1) is 28.7 Å². The summed E-state index contributed by atoms with van der Waals surface area (Å²) in [6.07, 6.45) is 3.14. The number of rotatable bonds is 2. The third-order valence-electron chi connectivity index (χ3n) is 3.87. The molecule has 5 nitrogen and oxygen atoms in total. The van der Waals surface area contributed by atoms with Gasteiger partial charge in [0.25, 0.3) is 0 Å². The van der Waals surface area contributed by atoms with Crippen molar-refractivity contribution in [3.63, 3.8) is 0 Å². The van der Waals surface area contributed by atoms with Gasteiger partial charge < -0.3 is 9.67 Å². The Bertz CT molecular complexity index is 1160. The van der Waals surface area contributed by atoms with Crippen molar-refractivity contribution in [3.05, 3.63) is 79.3 Å². The van der Waals surface area contributed by atoms with Crippen LogP contribution < -0.4 is 4.57 Å². The van der Waals surface area contributed by atoms with E-state index in [-0.39, 0.29) is 31.6 Å². The Balaban J connectivity index is 0.000000306. The van der Waals surface area contributed by atoms with Crippen LogP contribution in [0, 0.1) is 14.0 Å². The van der Waals surface area contributed by atoms with Crippen molar-refractivity contribution >= 4 is 34.0 Å².